The van der Waals surface area contributed by atoms with Gasteiger partial charge in [0.1, 0.15) is 0 Å². The minimum Gasteiger partial charge on any atom is -0.478 e. The number of nitrogens with one attached hydrogen (secondary N) is 1. The molecule has 0 spiro atoms. The van der Waals surface area contributed by atoms with E-state index in [2.05, 4.69) is 43.4 Å². The lowest BCUT2D eigenvalue weighted by Crippen LogP contribution is -2.49. The molecule has 2 N–H and O–H groups in total. The Kier molecular flexibility index (Phi) is 7.35. The van der Waals surface area contributed by atoms with Crippen molar-refractivity contribution in [3.63, 3.8) is 0 Å². The fourth-order valence-electron chi connectivity index (χ4n) is 3.42. The fraction of sp³-hybridized carbons (Fsp3) is 0.304. The van der Waals surface area contributed by atoms with E-state index in [1.54, 1.807) is 0 Å². The Labute approximate surface area is 160 Å². The Morgan fingerprint density at radius 2 is 1.52 bits per heavy atom. The third-order valence-electron chi connectivity index (χ3n) is 4.98. The van der Waals surface area contributed by atoms with Gasteiger partial charge in [-0.25, -0.2) is 4.79 Å². The summed E-state index contributed by atoms with van der Waals surface area (Å²) < 4.78 is 0. The van der Waals surface area contributed by atoms with Crippen molar-refractivity contribution in [1.82, 2.24) is 5.32 Å². The highest BCUT2D eigenvalue weighted by Gasteiger charge is 2.37. The van der Waals surface area contributed by atoms with Crippen LogP contribution in [-0.4, -0.2) is 23.0 Å². The lowest BCUT2D eigenvalue weighted by Gasteiger charge is -2.39. The van der Waals surface area contributed by atoms with Gasteiger partial charge < -0.3 is 10.4 Å². The molecular weight excluding hydrogens is 338 g/mol. The van der Waals surface area contributed by atoms with Crippen LogP contribution in [0, 0.1) is 0 Å². The van der Waals surface area contributed by atoms with E-state index >= 15 is 0 Å². The molecule has 0 saturated carbocycles. The van der Waals surface area contributed by atoms with Crippen LogP contribution in [0.5, 0.6) is 0 Å². The van der Waals surface area contributed by atoms with Crippen LogP contribution in [0.15, 0.2) is 72.8 Å². The number of carboxylic acids is 1. The molecule has 0 aromatic heterocycles. The molecule has 1 amide bonds. The van der Waals surface area contributed by atoms with Crippen molar-refractivity contribution in [1.29, 1.82) is 0 Å². The predicted octanol–water partition coefficient (Wildman–Crippen LogP) is 4.31. The topological polar surface area (TPSA) is 66.4 Å². The number of aliphatic carboxylic acids is 1. The van der Waals surface area contributed by atoms with Crippen LogP contribution in [0.3, 0.4) is 0 Å². The second-order valence-electron chi connectivity index (χ2n) is 6.81. The number of carbonyl (C=O) groups excluding carboxylic acids is 1. The average Bonchev–Trinajstić information content (AvgIpc) is 2.70. The number of hydrogen-bond acceptors (Lipinski definition) is 2. The number of unbranched alkanes of at least 4 members (excludes halogenated alkanes) is 1. The maximum absolute atomic E-state index is 12.4. The average molecular weight is 365 g/mol. The van der Waals surface area contributed by atoms with E-state index in [0.29, 0.717) is 0 Å². The predicted molar refractivity (Wildman–Crippen MR) is 108 cm³/mol. The second kappa shape index (κ2) is 9.72. The molecular formula is C23H27NO3. The van der Waals surface area contributed by atoms with E-state index in [1.165, 1.54) is 0 Å². The number of benzene rings is 2. The molecule has 1 unspecified atom stereocenters. The van der Waals surface area contributed by atoms with Gasteiger partial charge in [-0.2, -0.15) is 0 Å². The molecule has 4 heteroatoms. The number of carbonyl (C=O) groups is 2. The van der Waals surface area contributed by atoms with Crippen molar-refractivity contribution in [2.24, 2.45) is 0 Å². The number of amides is 1. The molecule has 2 rings (SSSR count). The van der Waals surface area contributed by atoms with Crippen molar-refractivity contribution in [2.45, 2.75) is 44.6 Å². The van der Waals surface area contributed by atoms with Gasteiger partial charge in [0.05, 0.1) is 0 Å². The minimum atomic E-state index is -1.14. The highest BCUT2D eigenvalue weighted by Crippen LogP contribution is 2.37. The van der Waals surface area contributed by atoms with E-state index in [4.69, 9.17) is 5.11 Å². The van der Waals surface area contributed by atoms with Crippen LogP contribution < -0.4 is 5.32 Å². The molecule has 0 aliphatic carbocycles. The minimum absolute atomic E-state index is 0.173. The van der Waals surface area contributed by atoms with Gasteiger partial charge >= 0.3 is 5.97 Å². The zero-order chi connectivity index (χ0) is 19.7. The SMILES string of the molecule is CCCCC(NC(=O)/C=C\C(=O)O)C(C)(c1ccccc1)c1ccccc1. The highest BCUT2D eigenvalue weighted by molar-refractivity contribution is 5.94. The number of hydrogen-bond donors (Lipinski definition) is 2. The molecule has 0 saturated heterocycles. The van der Waals surface area contributed by atoms with E-state index in [0.717, 1.165) is 42.5 Å². The molecule has 27 heavy (non-hydrogen) atoms. The second-order valence-corrected chi connectivity index (χ2v) is 6.81. The monoisotopic (exact) mass is 365 g/mol. The highest BCUT2D eigenvalue weighted by atomic mass is 16.4. The quantitative estimate of drug-likeness (QED) is 0.651. The molecule has 4 nitrogen and oxygen atoms in total. The summed E-state index contributed by atoms with van der Waals surface area (Å²) in [5, 5.41) is 11.8. The molecule has 0 aliphatic rings. The maximum Gasteiger partial charge on any atom is 0.328 e. The van der Waals surface area contributed by atoms with Crippen LogP contribution in [0.4, 0.5) is 0 Å². The molecule has 2 aromatic carbocycles. The third kappa shape index (κ3) is 5.30. The summed E-state index contributed by atoms with van der Waals surface area (Å²) in [6.07, 6.45) is 4.72. The van der Waals surface area contributed by atoms with Crippen LogP contribution in [0.2, 0.25) is 0 Å². The normalized spacial score (nSPS) is 12.7. The summed E-state index contributed by atoms with van der Waals surface area (Å²) in [5.41, 5.74) is 1.78. The summed E-state index contributed by atoms with van der Waals surface area (Å²) in [5.74, 6) is -1.53. The molecule has 142 valence electrons. The summed E-state index contributed by atoms with van der Waals surface area (Å²) in [6.45, 7) is 4.25. The zero-order valence-electron chi connectivity index (χ0n) is 15.9. The molecule has 0 heterocycles. The van der Waals surface area contributed by atoms with E-state index < -0.39 is 17.3 Å². The van der Waals surface area contributed by atoms with Gasteiger partial charge in [-0.15, -0.1) is 0 Å². The van der Waals surface area contributed by atoms with Gasteiger partial charge in [0.25, 0.3) is 0 Å². The van der Waals surface area contributed by atoms with Crippen LogP contribution in [0.1, 0.15) is 44.2 Å². The Morgan fingerprint density at radius 1 is 1.00 bits per heavy atom. The lowest BCUT2D eigenvalue weighted by atomic mass is 9.69. The zero-order valence-corrected chi connectivity index (χ0v) is 15.9. The van der Waals surface area contributed by atoms with Crippen molar-refractivity contribution in [2.75, 3.05) is 0 Å². The first-order chi connectivity index (χ1) is 13.0. The summed E-state index contributed by atoms with van der Waals surface area (Å²) >= 11 is 0. The van der Waals surface area contributed by atoms with E-state index in [-0.39, 0.29) is 6.04 Å². The van der Waals surface area contributed by atoms with Gasteiger partial charge in [-0.05, 0) is 24.5 Å². The van der Waals surface area contributed by atoms with Crippen molar-refractivity contribution < 1.29 is 14.7 Å². The van der Waals surface area contributed by atoms with Gasteiger partial charge in [0.15, 0.2) is 0 Å². The van der Waals surface area contributed by atoms with Crippen molar-refractivity contribution in [3.05, 3.63) is 83.9 Å². The maximum atomic E-state index is 12.4. The Balaban J connectivity index is 2.47. The summed E-state index contributed by atoms with van der Waals surface area (Å²) in [4.78, 5) is 23.1. The first-order valence-corrected chi connectivity index (χ1v) is 9.31. The van der Waals surface area contributed by atoms with Crippen LogP contribution in [0.25, 0.3) is 0 Å². The summed E-state index contributed by atoms with van der Waals surface area (Å²) in [7, 11) is 0. The molecule has 0 bridgehead atoms. The van der Waals surface area contributed by atoms with Crippen LogP contribution >= 0.6 is 0 Å². The van der Waals surface area contributed by atoms with E-state index in [9.17, 15) is 9.59 Å². The molecule has 0 aliphatic heterocycles. The summed E-state index contributed by atoms with van der Waals surface area (Å²) in [6, 6.07) is 20.1. The Morgan fingerprint density at radius 3 is 1.96 bits per heavy atom. The number of rotatable bonds is 9. The third-order valence-corrected chi connectivity index (χ3v) is 4.98. The van der Waals surface area contributed by atoms with Crippen LogP contribution in [-0.2, 0) is 15.0 Å². The largest absolute Gasteiger partial charge is 0.478 e. The van der Waals surface area contributed by atoms with Crippen molar-refractivity contribution >= 4 is 11.9 Å². The smallest absolute Gasteiger partial charge is 0.328 e. The lowest BCUT2D eigenvalue weighted by molar-refractivity contribution is -0.131. The molecule has 2 aromatic rings. The first kappa shape index (κ1) is 20.4. The Bertz CT molecular complexity index is 729. The van der Waals surface area contributed by atoms with Gasteiger partial charge in [-0.1, -0.05) is 80.4 Å². The standard InChI is InChI=1S/C23H27NO3/c1-3-4-15-20(24-21(25)16-17-22(26)27)23(2,18-11-7-5-8-12-18)19-13-9-6-10-14-19/h5-14,16-17,20H,3-4,15H2,1-2H3,(H,24,25)(H,26,27)/b17-16-. The fourth-order valence-corrected chi connectivity index (χ4v) is 3.42. The van der Waals surface area contributed by atoms with Gasteiger partial charge in [0, 0.05) is 23.6 Å². The van der Waals surface area contributed by atoms with Crippen molar-refractivity contribution in [3.8, 4) is 0 Å². The molecule has 1 atom stereocenters. The Hall–Kier alpha value is -2.88. The number of carboxylic acid groups (broad SMARTS) is 1. The first-order valence-electron chi connectivity index (χ1n) is 9.31. The van der Waals surface area contributed by atoms with E-state index in [1.807, 2.05) is 36.4 Å². The molecule has 0 fully saturated rings. The van der Waals surface area contributed by atoms with Gasteiger partial charge in [-0.3, -0.25) is 4.79 Å². The molecule has 0 radical (unpaired) electrons. The van der Waals surface area contributed by atoms with Gasteiger partial charge in [0.2, 0.25) is 5.91 Å².